The Morgan fingerprint density at radius 3 is 2.44 bits per heavy atom. The lowest BCUT2D eigenvalue weighted by molar-refractivity contribution is 0.0107. The Balaban J connectivity index is 2.51. The zero-order chi connectivity index (χ0) is 25.9. The molecule has 1 aromatic carbocycles. The van der Waals surface area contributed by atoms with Gasteiger partial charge in [0.05, 0.1) is 0 Å². The summed E-state index contributed by atoms with van der Waals surface area (Å²) in [7, 11) is -1.36. The number of alkyl halides is 1. The lowest BCUT2D eigenvalue weighted by atomic mass is 9.78. The SMILES string of the molecule is CC1SC(N(COCC[Si](C)(C)C)C(=O)OC(C)(C)C)=N[C@](CF)(c2cccc(F)c2F)[C@@H]1C. The van der Waals surface area contributed by atoms with E-state index in [1.165, 1.54) is 28.8 Å². The molecule has 0 radical (unpaired) electrons. The number of aliphatic imine (C=N–C) groups is 1. The molecule has 10 heteroatoms. The number of amidine groups is 1. The second kappa shape index (κ2) is 11.0. The van der Waals surface area contributed by atoms with Crippen molar-refractivity contribution in [2.75, 3.05) is 20.0 Å². The number of halogens is 3. The van der Waals surface area contributed by atoms with Crippen molar-refractivity contribution in [2.45, 2.75) is 76.7 Å². The Kier molecular flexibility index (Phi) is 9.32. The van der Waals surface area contributed by atoms with Gasteiger partial charge in [0, 0.05) is 31.4 Å². The van der Waals surface area contributed by atoms with E-state index < -0.39 is 49.5 Å². The van der Waals surface area contributed by atoms with Crippen molar-refractivity contribution in [3.63, 3.8) is 0 Å². The number of hydrogen-bond donors (Lipinski definition) is 0. The number of hydrogen-bond acceptors (Lipinski definition) is 5. The summed E-state index contributed by atoms with van der Waals surface area (Å²) < 4.78 is 55.0. The first-order valence-corrected chi connectivity index (χ1v) is 16.1. The molecule has 0 saturated heterocycles. The first-order chi connectivity index (χ1) is 15.6. The maximum atomic E-state index is 14.8. The van der Waals surface area contributed by atoms with Crippen LogP contribution in [0.5, 0.6) is 0 Å². The maximum Gasteiger partial charge on any atom is 0.418 e. The molecule has 0 N–H and O–H groups in total. The largest absolute Gasteiger partial charge is 0.443 e. The summed E-state index contributed by atoms with van der Waals surface area (Å²) in [5.74, 6) is -2.68. The van der Waals surface area contributed by atoms with Crippen LogP contribution in [0.2, 0.25) is 25.7 Å². The smallest absolute Gasteiger partial charge is 0.418 e. The van der Waals surface area contributed by atoms with Gasteiger partial charge >= 0.3 is 6.09 Å². The molecule has 1 aliphatic heterocycles. The van der Waals surface area contributed by atoms with Gasteiger partial charge in [-0.1, -0.05) is 57.4 Å². The Labute approximate surface area is 206 Å². The first kappa shape index (κ1) is 28.7. The van der Waals surface area contributed by atoms with Gasteiger partial charge in [0.25, 0.3) is 0 Å². The Bertz CT molecular complexity index is 904. The van der Waals surface area contributed by atoms with Crippen LogP contribution in [-0.2, 0) is 15.0 Å². The van der Waals surface area contributed by atoms with Crippen LogP contribution in [0.15, 0.2) is 23.2 Å². The number of nitrogens with zero attached hydrogens (tertiary/aromatic N) is 2. The van der Waals surface area contributed by atoms with Crippen LogP contribution in [-0.4, -0.2) is 55.1 Å². The highest BCUT2D eigenvalue weighted by Gasteiger charge is 2.48. The van der Waals surface area contributed by atoms with E-state index >= 15 is 0 Å². The number of carbonyl (C=O) groups is 1. The zero-order valence-electron chi connectivity index (χ0n) is 21.4. The van der Waals surface area contributed by atoms with Crippen LogP contribution < -0.4 is 0 Å². The topological polar surface area (TPSA) is 51.1 Å². The number of carbonyl (C=O) groups excluding carboxylic acids is 1. The molecule has 34 heavy (non-hydrogen) atoms. The minimum atomic E-state index is -1.69. The molecule has 2 rings (SSSR count). The number of thioether (sulfide) groups is 1. The van der Waals surface area contributed by atoms with Gasteiger partial charge in [-0.2, -0.15) is 0 Å². The molecule has 0 saturated carbocycles. The molecule has 192 valence electrons. The molecular weight excluding hydrogens is 481 g/mol. The number of amides is 1. The zero-order valence-corrected chi connectivity index (χ0v) is 23.2. The Hall–Kier alpha value is -1.52. The van der Waals surface area contributed by atoms with Crippen molar-refractivity contribution >= 4 is 31.1 Å². The maximum absolute atomic E-state index is 14.8. The van der Waals surface area contributed by atoms with Crippen molar-refractivity contribution in [1.29, 1.82) is 0 Å². The molecular formula is C24H37F3N2O3SSi. The van der Waals surface area contributed by atoms with Crippen molar-refractivity contribution in [3.8, 4) is 0 Å². The minimum absolute atomic E-state index is 0.139. The van der Waals surface area contributed by atoms with Crippen LogP contribution in [0.1, 0.15) is 40.2 Å². The van der Waals surface area contributed by atoms with E-state index in [-0.39, 0.29) is 22.7 Å². The predicted molar refractivity (Wildman–Crippen MR) is 135 cm³/mol. The fourth-order valence-electron chi connectivity index (χ4n) is 3.48. The van der Waals surface area contributed by atoms with Gasteiger partial charge in [0.1, 0.15) is 24.5 Å². The summed E-state index contributed by atoms with van der Waals surface area (Å²) in [6, 6.07) is 4.57. The Morgan fingerprint density at radius 2 is 1.88 bits per heavy atom. The normalized spacial score (nSPS) is 23.4. The standard InChI is InChI=1S/C24H37F3N2O3SSi/c1-16-17(2)33-21(28-24(16,14-25)18-10-9-11-19(26)20(18)27)29(22(30)32-23(3,4)5)15-31-12-13-34(6,7)8/h9-11,16-17H,12-15H2,1-8H3/t16-,17?,24+/m1/s1. The number of benzene rings is 1. The highest BCUT2D eigenvalue weighted by Crippen LogP contribution is 2.46. The average Bonchev–Trinajstić information content (AvgIpc) is 2.70. The van der Waals surface area contributed by atoms with Crippen molar-refractivity contribution in [1.82, 2.24) is 4.90 Å². The van der Waals surface area contributed by atoms with Gasteiger partial charge < -0.3 is 9.47 Å². The van der Waals surface area contributed by atoms with Crippen LogP contribution >= 0.6 is 11.8 Å². The second-order valence-corrected chi connectivity index (χ2v) is 17.9. The van der Waals surface area contributed by atoms with Crippen LogP contribution in [0, 0.1) is 17.6 Å². The number of rotatable bonds is 7. The minimum Gasteiger partial charge on any atom is -0.443 e. The Morgan fingerprint density at radius 1 is 1.24 bits per heavy atom. The van der Waals surface area contributed by atoms with Gasteiger partial charge in [-0.25, -0.2) is 27.9 Å². The molecule has 1 unspecified atom stereocenters. The molecule has 0 aromatic heterocycles. The molecule has 0 bridgehead atoms. The van der Waals surface area contributed by atoms with Crippen molar-refractivity contribution in [3.05, 3.63) is 35.4 Å². The molecule has 3 atom stereocenters. The van der Waals surface area contributed by atoms with Crippen LogP contribution in [0.25, 0.3) is 0 Å². The quantitative estimate of drug-likeness (QED) is 0.226. The van der Waals surface area contributed by atoms with Gasteiger partial charge in [-0.05, 0) is 32.9 Å². The van der Waals surface area contributed by atoms with E-state index in [1.54, 1.807) is 27.7 Å². The number of ether oxygens (including phenoxy) is 2. The van der Waals surface area contributed by atoms with Gasteiger partial charge in [0.2, 0.25) is 0 Å². The lowest BCUT2D eigenvalue weighted by Crippen LogP contribution is -2.49. The summed E-state index contributed by atoms with van der Waals surface area (Å²) in [5.41, 5.74) is -2.64. The first-order valence-electron chi connectivity index (χ1n) is 11.5. The molecule has 1 amide bonds. The van der Waals surface area contributed by atoms with E-state index in [2.05, 4.69) is 24.6 Å². The molecule has 1 heterocycles. The van der Waals surface area contributed by atoms with Crippen LogP contribution in [0.3, 0.4) is 0 Å². The molecule has 0 aliphatic carbocycles. The van der Waals surface area contributed by atoms with E-state index in [4.69, 9.17) is 9.47 Å². The molecule has 0 fully saturated rings. The molecule has 5 nitrogen and oxygen atoms in total. The van der Waals surface area contributed by atoms with E-state index in [9.17, 15) is 18.0 Å². The monoisotopic (exact) mass is 518 g/mol. The third-order valence-corrected chi connectivity index (χ3v) is 8.73. The fourth-order valence-corrected chi connectivity index (χ4v) is 5.47. The summed E-state index contributed by atoms with van der Waals surface area (Å²) in [6.45, 7) is 14.7. The van der Waals surface area contributed by atoms with E-state index in [0.29, 0.717) is 6.61 Å². The van der Waals surface area contributed by atoms with Gasteiger partial charge in [-0.3, -0.25) is 0 Å². The summed E-state index contributed by atoms with van der Waals surface area (Å²) in [5, 5.41) is -0.0907. The average molecular weight is 519 g/mol. The van der Waals surface area contributed by atoms with Gasteiger partial charge in [-0.15, -0.1) is 0 Å². The van der Waals surface area contributed by atoms with Gasteiger partial charge in [0.15, 0.2) is 16.8 Å². The fraction of sp³-hybridized carbons (Fsp3) is 0.667. The van der Waals surface area contributed by atoms with Crippen molar-refractivity contribution in [2.24, 2.45) is 10.9 Å². The van der Waals surface area contributed by atoms with Crippen LogP contribution in [0.4, 0.5) is 18.0 Å². The molecule has 1 aromatic rings. The second-order valence-electron chi connectivity index (χ2n) is 10.9. The third kappa shape index (κ3) is 7.01. The third-order valence-electron chi connectivity index (χ3n) is 5.73. The molecule has 0 spiro atoms. The van der Waals surface area contributed by atoms with Crippen molar-refractivity contribution < 1.29 is 27.4 Å². The highest BCUT2D eigenvalue weighted by molar-refractivity contribution is 8.14. The predicted octanol–water partition coefficient (Wildman–Crippen LogP) is 6.81. The lowest BCUT2D eigenvalue weighted by Gasteiger charge is -2.43. The van der Waals surface area contributed by atoms with E-state index in [0.717, 1.165) is 12.1 Å². The summed E-state index contributed by atoms with van der Waals surface area (Å²) >= 11 is 1.26. The molecule has 1 aliphatic rings. The summed E-state index contributed by atoms with van der Waals surface area (Å²) in [4.78, 5) is 18.9. The highest BCUT2D eigenvalue weighted by atomic mass is 32.2. The summed E-state index contributed by atoms with van der Waals surface area (Å²) in [6.07, 6.45) is -0.694. The van der Waals surface area contributed by atoms with E-state index in [1.807, 2.05) is 6.92 Å².